The van der Waals surface area contributed by atoms with Gasteiger partial charge in [0.25, 0.3) is 0 Å². The summed E-state index contributed by atoms with van der Waals surface area (Å²) in [5.41, 5.74) is 13.2. The van der Waals surface area contributed by atoms with Gasteiger partial charge in [-0.15, -0.1) is 0 Å². The van der Waals surface area contributed by atoms with E-state index >= 15 is 0 Å². The van der Waals surface area contributed by atoms with Crippen molar-refractivity contribution < 1.29 is 0 Å². The molecule has 1 unspecified atom stereocenters. The molecule has 0 amide bonds. The molecular weight excluding hydrogens is 226 g/mol. The van der Waals surface area contributed by atoms with E-state index in [2.05, 4.69) is 10.1 Å². The molecule has 1 aromatic heterocycles. The molecule has 2 heterocycles. The molecule has 18 heavy (non-hydrogen) atoms. The lowest BCUT2D eigenvalue weighted by Gasteiger charge is -2.20. The lowest BCUT2D eigenvalue weighted by molar-refractivity contribution is 0.350. The Morgan fingerprint density at radius 2 is 2.06 bits per heavy atom. The predicted octanol–water partition coefficient (Wildman–Crippen LogP) is 1.05. The van der Waals surface area contributed by atoms with E-state index in [9.17, 15) is 0 Å². The van der Waals surface area contributed by atoms with Crippen molar-refractivity contribution in [2.75, 3.05) is 12.3 Å². The Labute approximate surface area is 106 Å². The summed E-state index contributed by atoms with van der Waals surface area (Å²) in [4.78, 5) is 4.59. The first-order chi connectivity index (χ1) is 8.76. The molecule has 1 aliphatic rings. The van der Waals surface area contributed by atoms with Crippen LogP contribution in [0.25, 0.3) is 11.4 Å². The van der Waals surface area contributed by atoms with Gasteiger partial charge in [0.15, 0.2) is 5.82 Å². The van der Waals surface area contributed by atoms with Crippen molar-refractivity contribution in [3.63, 3.8) is 0 Å². The standard InChI is InChI=1S/C13H17N5/c14-7-9-1-6-12-16-13(17-18(12)8-9)10-2-4-11(15)5-3-10/h2-5,9H,1,6-8,14-15H2. The lowest BCUT2D eigenvalue weighted by Crippen LogP contribution is -2.27. The summed E-state index contributed by atoms with van der Waals surface area (Å²) in [6.07, 6.45) is 2.07. The molecule has 1 aromatic carbocycles. The molecular formula is C13H17N5. The molecule has 4 N–H and O–H groups in total. The third kappa shape index (κ3) is 1.97. The minimum absolute atomic E-state index is 0.526. The van der Waals surface area contributed by atoms with Crippen LogP contribution in [0.2, 0.25) is 0 Å². The van der Waals surface area contributed by atoms with Crippen LogP contribution in [0.3, 0.4) is 0 Å². The maximum atomic E-state index is 5.72. The molecule has 1 aliphatic heterocycles. The Balaban J connectivity index is 1.91. The number of aryl methyl sites for hydroxylation is 1. The summed E-state index contributed by atoms with van der Waals surface area (Å²) in [7, 11) is 0. The Kier molecular flexibility index (Phi) is 2.76. The maximum absolute atomic E-state index is 5.72. The molecule has 94 valence electrons. The van der Waals surface area contributed by atoms with Crippen LogP contribution in [0.1, 0.15) is 12.2 Å². The quantitative estimate of drug-likeness (QED) is 0.772. The predicted molar refractivity (Wildman–Crippen MR) is 70.7 cm³/mol. The molecule has 3 rings (SSSR count). The van der Waals surface area contributed by atoms with Crippen LogP contribution < -0.4 is 11.5 Å². The van der Waals surface area contributed by atoms with Crippen LogP contribution in [-0.2, 0) is 13.0 Å². The number of fused-ring (bicyclic) bond motifs is 1. The van der Waals surface area contributed by atoms with Gasteiger partial charge < -0.3 is 11.5 Å². The van der Waals surface area contributed by atoms with E-state index in [0.717, 1.165) is 48.8 Å². The smallest absolute Gasteiger partial charge is 0.181 e. The monoisotopic (exact) mass is 243 g/mol. The van der Waals surface area contributed by atoms with Crippen LogP contribution in [0.15, 0.2) is 24.3 Å². The van der Waals surface area contributed by atoms with Gasteiger partial charge in [0.1, 0.15) is 5.82 Å². The number of nitrogens with two attached hydrogens (primary N) is 2. The van der Waals surface area contributed by atoms with Gasteiger partial charge in [0.2, 0.25) is 0 Å². The van der Waals surface area contributed by atoms with Crippen LogP contribution in [0, 0.1) is 5.92 Å². The van der Waals surface area contributed by atoms with Crippen molar-refractivity contribution in [2.24, 2.45) is 11.7 Å². The van der Waals surface area contributed by atoms with E-state index < -0.39 is 0 Å². The molecule has 5 nitrogen and oxygen atoms in total. The topological polar surface area (TPSA) is 82.8 Å². The highest BCUT2D eigenvalue weighted by molar-refractivity contribution is 5.58. The van der Waals surface area contributed by atoms with Gasteiger partial charge in [-0.2, -0.15) is 5.10 Å². The van der Waals surface area contributed by atoms with E-state index in [0.29, 0.717) is 5.92 Å². The number of aromatic nitrogens is 3. The van der Waals surface area contributed by atoms with Gasteiger partial charge in [-0.05, 0) is 43.1 Å². The van der Waals surface area contributed by atoms with Crippen molar-refractivity contribution in [1.29, 1.82) is 0 Å². The van der Waals surface area contributed by atoms with Crippen LogP contribution in [-0.4, -0.2) is 21.3 Å². The first-order valence-electron chi connectivity index (χ1n) is 6.26. The summed E-state index contributed by atoms with van der Waals surface area (Å²) in [5.74, 6) is 2.37. The summed E-state index contributed by atoms with van der Waals surface area (Å²) < 4.78 is 1.99. The second-order valence-electron chi connectivity index (χ2n) is 4.80. The molecule has 0 radical (unpaired) electrons. The van der Waals surface area contributed by atoms with E-state index in [-0.39, 0.29) is 0 Å². The van der Waals surface area contributed by atoms with Crippen LogP contribution in [0.5, 0.6) is 0 Å². The van der Waals surface area contributed by atoms with Crippen molar-refractivity contribution in [1.82, 2.24) is 14.8 Å². The average Bonchev–Trinajstić information content (AvgIpc) is 2.82. The Morgan fingerprint density at radius 1 is 1.28 bits per heavy atom. The van der Waals surface area contributed by atoms with E-state index in [4.69, 9.17) is 11.5 Å². The Bertz CT molecular complexity index is 543. The zero-order valence-electron chi connectivity index (χ0n) is 10.2. The zero-order valence-corrected chi connectivity index (χ0v) is 10.2. The van der Waals surface area contributed by atoms with Gasteiger partial charge in [-0.25, -0.2) is 9.67 Å². The van der Waals surface area contributed by atoms with Gasteiger partial charge in [-0.3, -0.25) is 0 Å². The van der Waals surface area contributed by atoms with E-state index in [1.807, 2.05) is 28.9 Å². The molecule has 2 aromatic rings. The highest BCUT2D eigenvalue weighted by atomic mass is 15.4. The second-order valence-corrected chi connectivity index (χ2v) is 4.80. The zero-order chi connectivity index (χ0) is 12.5. The highest BCUT2D eigenvalue weighted by Crippen LogP contribution is 2.22. The normalized spacial score (nSPS) is 18.6. The van der Waals surface area contributed by atoms with Gasteiger partial charge in [-0.1, -0.05) is 0 Å². The summed E-state index contributed by atoms with van der Waals surface area (Å²) >= 11 is 0. The summed E-state index contributed by atoms with van der Waals surface area (Å²) in [6, 6.07) is 7.66. The number of rotatable bonds is 2. The van der Waals surface area contributed by atoms with Gasteiger partial charge in [0, 0.05) is 24.2 Å². The fourth-order valence-corrected chi connectivity index (χ4v) is 2.32. The molecule has 5 heteroatoms. The Hall–Kier alpha value is -1.88. The van der Waals surface area contributed by atoms with Crippen molar-refractivity contribution in [3.05, 3.63) is 30.1 Å². The fraction of sp³-hybridized carbons (Fsp3) is 0.385. The van der Waals surface area contributed by atoms with Crippen molar-refractivity contribution in [3.8, 4) is 11.4 Å². The fourth-order valence-electron chi connectivity index (χ4n) is 2.32. The summed E-state index contributed by atoms with van der Waals surface area (Å²) in [5, 5.41) is 4.56. The first-order valence-corrected chi connectivity index (χ1v) is 6.26. The molecule has 0 bridgehead atoms. The second kappa shape index (κ2) is 4.42. The van der Waals surface area contributed by atoms with Crippen molar-refractivity contribution >= 4 is 5.69 Å². The van der Waals surface area contributed by atoms with Crippen LogP contribution >= 0.6 is 0 Å². The largest absolute Gasteiger partial charge is 0.399 e. The third-order valence-electron chi connectivity index (χ3n) is 3.46. The number of hydrogen-bond acceptors (Lipinski definition) is 4. The molecule has 0 spiro atoms. The van der Waals surface area contributed by atoms with E-state index in [1.54, 1.807) is 0 Å². The lowest BCUT2D eigenvalue weighted by atomic mass is 10.0. The summed E-state index contributed by atoms with van der Waals surface area (Å²) in [6.45, 7) is 1.60. The average molecular weight is 243 g/mol. The molecule has 1 atom stereocenters. The third-order valence-corrected chi connectivity index (χ3v) is 3.46. The number of benzene rings is 1. The first kappa shape index (κ1) is 11.2. The number of nitrogen functional groups attached to an aromatic ring is 1. The highest BCUT2D eigenvalue weighted by Gasteiger charge is 2.20. The van der Waals surface area contributed by atoms with Gasteiger partial charge in [0.05, 0.1) is 0 Å². The van der Waals surface area contributed by atoms with Gasteiger partial charge >= 0.3 is 0 Å². The molecule has 0 fully saturated rings. The van der Waals surface area contributed by atoms with E-state index in [1.165, 1.54) is 0 Å². The molecule has 0 saturated heterocycles. The SMILES string of the molecule is NCC1CCc2nc(-c3ccc(N)cc3)nn2C1. The number of anilines is 1. The van der Waals surface area contributed by atoms with Crippen LogP contribution in [0.4, 0.5) is 5.69 Å². The minimum atomic E-state index is 0.526. The Morgan fingerprint density at radius 3 is 2.78 bits per heavy atom. The molecule has 0 saturated carbocycles. The number of nitrogens with zero attached hydrogens (tertiary/aromatic N) is 3. The maximum Gasteiger partial charge on any atom is 0.181 e. The van der Waals surface area contributed by atoms with Crippen molar-refractivity contribution in [2.45, 2.75) is 19.4 Å². The molecule has 0 aliphatic carbocycles. The minimum Gasteiger partial charge on any atom is -0.399 e. The number of hydrogen-bond donors (Lipinski definition) is 2.